The van der Waals surface area contributed by atoms with Gasteiger partial charge in [0, 0.05) is 32.5 Å². The molecule has 1 unspecified atom stereocenters. The van der Waals surface area contributed by atoms with Gasteiger partial charge in [-0.25, -0.2) is 14.6 Å². The Kier molecular flexibility index (Phi) is 6.63. The third kappa shape index (κ3) is 5.79. The SMILES string of the molecule is COCC(O)CN(C)C(=O)N[C@H](Cc1cnc[nH]1)C(=O)O. The fourth-order valence-corrected chi connectivity index (χ4v) is 1.72. The molecule has 4 N–H and O–H groups in total. The van der Waals surface area contributed by atoms with Gasteiger partial charge in [0.1, 0.15) is 6.04 Å². The quantitative estimate of drug-likeness (QED) is 0.490. The lowest BCUT2D eigenvalue weighted by Crippen LogP contribution is -2.49. The number of carboxylic acids is 1. The molecule has 0 aliphatic rings. The number of rotatable bonds is 8. The Bertz CT molecular complexity index is 451. The normalized spacial score (nSPS) is 13.5. The summed E-state index contributed by atoms with van der Waals surface area (Å²) in [5.41, 5.74) is 0.602. The van der Waals surface area contributed by atoms with E-state index in [4.69, 9.17) is 9.84 Å². The van der Waals surface area contributed by atoms with E-state index in [-0.39, 0.29) is 19.6 Å². The summed E-state index contributed by atoms with van der Waals surface area (Å²) in [6, 6.07) is -1.67. The monoisotopic (exact) mass is 300 g/mol. The lowest BCUT2D eigenvalue weighted by Gasteiger charge is -2.23. The molecule has 0 saturated carbocycles. The number of carbonyl (C=O) groups excluding carboxylic acids is 1. The molecule has 0 saturated heterocycles. The molecule has 0 aromatic carbocycles. The molecule has 1 aromatic rings. The topological polar surface area (TPSA) is 128 Å². The van der Waals surface area contributed by atoms with E-state index in [1.54, 1.807) is 0 Å². The van der Waals surface area contributed by atoms with Crippen LogP contribution in [0.25, 0.3) is 0 Å². The standard InChI is InChI=1S/C12H20N4O5/c1-16(5-9(17)6-21-2)12(20)15-10(11(18)19)3-8-4-13-7-14-8/h4,7,9-10,17H,3,5-6H2,1-2H3,(H,13,14)(H,15,20)(H,18,19)/t9?,10-/m1/s1. The number of urea groups is 1. The van der Waals surface area contributed by atoms with Gasteiger partial charge in [-0.3, -0.25) is 0 Å². The molecule has 1 rings (SSSR count). The molecule has 0 radical (unpaired) electrons. The number of methoxy groups -OCH3 is 1. The zero-order valence-electron chi connectivity index (χ0n) is 11.9. The maximum absolute atomic E-state index is 11.9. The number of amides is 2. The van der Waals surface area contributed by atoms with Crippen molar-refractivity contribution < 1.29 is 24.5 Å². The van der Waals surface area contributed by atoms with E-state index in [9.17, 15) is 14.7 Å². The summed E-state index contributed by atoms with van der Waals surface area (Å²) in [5, 5.41) is 21.1. The number of aromatic nitrogens is 2. The van der Waals surface area contributed by atoms with Gasteiger partial charge >= 0.3 is 12.0 Å². The van der Waals surface area contributed by atoms with Gasteiger partial charge in [-0.1, -0.05) is 0 Å². The molecule has 1 heterocycles. The van der Waals surface area contributed by atoms with Crippen molar-refractivity contribution in [3.63, 3.8) is 0 Å². The predicted octanol–water partition coefficient (Wildman–Crippen LogP) is -0.946. The van der Waals surface area contributed by atoms with E-state index in [1.807, 2.05) is 0 Å². The van der Waals surface area contributed by atoms with Crippen LogP contribution in [0.1, 0.15) is 5.69 Å². The van der Waals surface area contributed by atoms with E-state index in [1.165, 1.54) is 31.6 Å². The Morgan fingerprint density at radius 3 is 2.81 bits per heavy atom. The summed E-state index contributed by atoms with van der Waals surface area (Å²) in [7, 11) is 2.90. The number of H-pyrrole nitrogens is 1. The number of carbonyl (C=O) groups is 2. The lowest BCUT2D eigenvalue weighted by molar-refractivity contribution is -0.139. The second-order valence-corrected chi connectivity index (χ2v) is 4.61. The van der Waals surface area contributed by atoms with Gasteiger partial charge in [-0.2, -0.15) is 0 Å². The van der Waals surface area contributed by atoms with E-state index in [2.05, 4.69) is 15.3 Å². The average molecular weight is 300 g/mol. The van der Waals surface area contributed by atoms with Crippen LogP contribution in [0.15, 0.2) is 12.5 Å². The van der Waals surface area contributed by atoms with E-state index in [0.29, 0.717) is 5.69 Å². The van der Waals surface area contributed by atoms with Crippen molar-refractivity contribution in [3.8, 4) is 0 Å². The third-order valence-electron chi connectivity index (χ3n) is 2.77. The highest BCUT2D eigenvalue weighted by molar-refractivity contribution is 5.82. The second-order valence-electron chi connectivity index (χ2n) is 4.61. The molecular weight excluding hydrogens is 280 g/mol. The Labute approximate surface area is 121 Å². The van der Waals surface area contributed by atoms with Crippen LogP contribution in [0.2, 0.25) is 0 Å². The molecule has 9 nitrogen and oxygen atoms in total. The van der Waals surface area contributed by atoms with Crippen LogP contribution in [0.5, 0.6) is 0 Å². The summed E-state index contributed by atoms with van der Waals surface area (Å²) >= 11 is 0. The van der Waals surface area contributed by atoms with Crippen molar-refractivity contribution in [1.82, 2.24) is 20.2 Å². The molecule has 2 amide bonds. The molecule has 118 valence electrons. The van der Waals surface area contributed by atoms with Gasteiger partial charge < -0.3 is 30.2 Å². The van der Waals surface area contributed by atoms with E-state index in [0.717, 1.165) is 0 Å². The van der Waals surface area contributed by atoms with Crippen LogP contribution in [0.3, 0.4) is 0 Å². The summed E-state index contributed by atoms with van der Waals surface area (Å²) < 4.78 is 4.76. The fraction of sp³-hybridized carbons (Fsp3) is 0.583. The number of nitrogens with one attached hydrogen (secondary N) is 2. The molecule has 0 spiro atoms. The number of imidazole rings is 1. The van der Waals surface area contributed by atoms with Gasteiger partial charge in [-0.15, -0.1) is 0 Å². The highest BCUT2D eigenvalue weighted by Crippen LogP contribution is 2.00. The Morgan fingerprint density at radius 2 is 2.29 bits per heavy atom. The minimum atomic E-state index is -1.15. The Morgan fingerprint density at radius 1 is 1.57 bits per heavy atom. The van der Waals surface area contributed by atoms with E-state index < -0.39 is 24.1 Å². The summed E-state index contributed by atoms with van der Waals surface area (Å²) in [6.07, 6.45) is 2.19. The molecule has 0 aliphatic heterocycles. The van der Waals surface area contributed by atoms with Crippen molar-refractivity contribution in [3.05, 3.63) is 18.2 Å². The van der Waals surface area contributed by atoms with Crippen molar-refractivity contribution in [2.45, 2.75) is 18.6 Å². The maximum Gasteiger partial charge on any atom is 0.326 e. The number of nitrogens with zero attached hydrogens (tertiary/aromatic N) is 2. The van der Waals surface area contributed by atoms with Crippen LogP contribution in [0, 0.1) is 0 Å². The number of hydrogen-bond donors (Lipinski definition) is 4. The summed E-state index contributed by atoms with van der Waals surface area (Å²) in [6.45, 7) is 0.129. The van der Waals surface area contributed by atoms with Gasteiger partial charge in [0.05, 0.1) is 25.6 Å². The minimum absolute atomic E-state index is 0.0378. The van der Waals surface area contributed by atoms with Crippen molar-refractivity contribution in [1.29, 1.82) is 0 Å². The summed E-state index contributed by atoms with van der Waals surface area (Å²) in [5.74, 6) is -1.15. The number of carboxylic acid groups (broad SMARTS) is 1. The lowest BCUT2D eigenvalue weighted by atomic mass is 10.1. The molecule has 0 fully saturated rings. The Balaban J connectivity index is 2.54. The largest absolute Gasteiger partial charge is 0.480 e. The molecule has 21 heavy (non-hydrogen) atoms. The van der Waals surface area contributed by atoms with Gasteiger partial charge in [0.2, 0.25) is 0 Å². The van der Waals surface area contributed by atoms with Crippen LogP contribution >= 0.6 is 0 Å². The first kappa shape index (κ1) is 16.9. The smallest absolute Gasteiger partial charge is 0.326 e. The van der Waals surface area contributed by atoms with Crippen LogP contribution in [-0.2, 0) is 16.0 Å². The molecule has 2 atom stereocenters. The number of aliphatic hydroxyl groups is 1. The molecular formula is C12H20N4O5. The van der Waals surface area contributed by atoms with Gasteiger partial charge in [0.15, 0.2) is 0 Å². The van der Waals surface area contributed by atoms with Crippen molar-refractivity contribution >= 4 is 12.0 Å². The second kappa shape index (κ2) is 8.22. The third-order valence-corrected chi connectivity index (χ3v) is 2.77. The number of likely N-dealkylation sites (N-methyl/N-ethyl adjacent to an activating group) is 1. The minimum Gasteiger partial charge on any atom is -0.480 e. The van der Waals surface area contributed by atoms with Crippen LogP contribution in [0.4, 0.5) is 4.79 Å². The number of aliphatic hydroxyl groups excluding tert-OH is 1. The van der Waals surface area contributed by atoms with E-state index >= 15 is 0 Å². The highest BCUT2D eigenvalue weighted by atomic mass is 16.5. The number of aliphatic carboxylic acids is 1. The number of ether oxygens (including phenoxy) is 1. The molecule has 0 bridgehead atoms. The molecule has 0 aliphatic carbocycles. The zero-order valence-corrected chi connectivity index (χ0v) is 11.9. The van der Waals surface area contributed by atoms with Crippen LogP contribution in [-0.4, -0.2) is 76.5 Å². The summed E-state index contributed by atoms with van der Waals surface area (Å²) in [4.78, 5) is 30.8. The zero-order chi connectivity index (χ0) is 15.8. The maximum atomic E-state index is 11.9. The predicted molar refractivity (Wildman–Crippen MR) is 72.8 cm³/mol. The molecule has 1 aromatic heterocycles. The van der Waals surface area contributed by atoms with Gasteiger partial charge in [-0.05, 0) is 0 Å². The van der Waals surface area contributed by atoms with Crippen molar-refractivity contribution in [2.24, 2.45) is 0 Å². The first-order chi connectivity index (χ1) is 9.93. The highest BCUT2D eigenvalue weighted by Gasteiger charge is 2.23. The fourth-order valence-electron chi connectivity index (χ4n) is 1.72. The number of aromatic amines is 1. The molecule has 9 heteroatoms. The first-order valence-electron chi connectivity index (χ1n) is 6.32. The van der Waals surface area contributed by atoms with Crippen LogP contribution < -0.4 is 5.32 Å². The van der Waals surface area contributed by atoms with Gasteiger partial charge in [0.25, 0.3) is 0 Å². The number of hydrogen-bond acceptors (Lipinski definition) is 5. The Hall–Kier alpha value is -2.13. The van der Waals surface area contributed by atoms with Crippen molar-refractivity contribution in [2.75, 3.05) is 27.3 Å². The first-order valence-corrected chi connectivity index (χ1v) is 6.32. The average Bonchev–Trinajstić information content (AvgIpc) is 2.90.